The molecule has 0 aliphatic heterocycles. The minimum Gasteiger partial charge on any atom is -0.288 e. The summed E-state index contributed by atoms with van der Waals surface area (Å²) >= 11 is 3.39. The fraction of sp³-hybridized carbons (Fsp3) is 0.125. The number of aryl methyl sites for hydroxylation is 2. The zero-order valence-corrected chi connectivity index (χ0v) is 13.3. The molecule has 0 N–H and O–H groups in total. The first-order valence-corrected chi connectivity index (χ1v) is 8.39. The molecule has 3 heterocycles. The first-order valence-electron chi connectivity index (χ1n) is 6.69. The van der Waals surface area contributed by atoms with E-state index in [1.54, 1.807) is 22.7 Å². The number of imidazole rings is 1. The monoisotopic (exact) mass is 311 g/mol. The maximum absolute atomic E-state index is 4.64. The molecule has 0 saturated heterocycles. The lowest BCUT2D eigenvalue weighted by Gasteiger charge is -1.95. The van der Waals surface area contributed by atoms with Crippen molar-refractivity contribution in [3.63, 3.8) is 0 Å². The van der Waals surface area contributed by atoms with Crippen LogP contribution in [0, 0.1) is 13.8 Å². The van der Waals surface area contributed by atoms with E-state index in [4.69, 9.17) is 0 Å². The summed E-state index contributed by atoms with van der Waals surface area (Å²) in [6.45, 7) is 4.16. The van der Waals surface area contributed by atoms with Gasteiger partial charge in [0.15, 0.2) is 4.96 Å². The third-order valence-electron chi connectivity index (χ3n) is 3.45. The Balaban J connectivity index is 1.79. The topological polar surface area (TPSA) is 30.2 Å². The molecule has 3 aromatic heterocycles. The summed E-state index contributed by atoms with van der Waals surface area (Å²) < 4.78 is 3.42. The van der Waals surface area contributed by atoms with Gasteiger partial charge in [-0.2, -0.15) is 0 Å². The van der Waals surface area contributed by atoms with Crippen molar-refractivity contribution in [1.82, 2.24) is 14.4 Å². The molecule has 0 unspecified atom stereocenters. The maximum atomic E-state index is 4.64. The summed E-state index contributed by atoms with van der Waals surface area (Å²) in [5.41, 5.74) is 4.48. The van der Waals surface area contributed by atoms with Crippen molar-refractivity contribution >= 4 is 50.0 Å². The molecule has 0 saturated carbocycles. The molecule has 21 heavy (non-hydrogen) atoms. The van der Waals surface area contributed by atoms with Crippen LogP contribution in [0.4, 0.5) is 0 Å². The lowest BCUT2D eigenvalue weighted by molar-refractivity contribution is 1.11. The first kappa shape index (κ1) is 12.7. The lowest BCUT2D eigenvalue weighted by Crippen LogP contribution is -1.87. The highest BCUT2D eigenvalue weighted by Crippen LogP contribution is 2.25. The molecule has 0 bridgehead atoms. The molecule has 4 rings (SSSR count). The van der Waals surface area contributed by atoms with E-state index in [1.807, 2.05) is 12.1 Å². The van der Waals surface area contributed by atoms with Gasteiger partial charge < -0.3 is 0 Å². The Labute approximate surface area is 130 Å². The zero-order valence-electron chi connectivity index (χ0n) is 11.7. The Morgan fingerprint density at radius 2 is 1.95 bits per heavy atom. The van der Waals surface area contributed by atoms with Gasteiger partial charge >= 0.3 is 0 Å². The van der Waals surface area contributed by atoms with E-state index < -0.39 is 0 Å². The maximum Gasteiger partial charge on any atom is 0.194 e. The summed E-state index contributed by atoms with van der Waals surface area (Å²) in [7, 11) is 0. The fourth-order valence-electron chi connectivity index (χ4n) is 2.43. The fourth-order valence-corrected chi connectivity index (χ4v) is 4.22. The van der Waals surface area contributed by atoms with Crippen molar-refractivity contribution in [3.05, 3.63) is 51.7 Å². The second kappa shape index (κ2) is 4.79. The summed E-state index contributed by atoms with van der Waals surface area (Å²) in [4.78, 5) is 10.3. The second-order valence-electron chi connectivity index (χ2n) is 4.93. The van der Waals surface area contributed by atoms with Crippen molar-refractivity contribution in [1.29, 1.82) is 0 Å². The largest absolute Gasteiger partial charge is 0.288 e. The molecule has 0 radical (unpaired) electrons. The van der Waals surface area contributed by atoms with Gasteiger partial charge in [-0.25, -0.2) is 9.97 Å². The van der Waals surface area contributed by atoms with E-state index in [0.717, 1.165) is 26.9 Å². The smallest absolute Gasteiger partial charge is 0.194 e. The number of benzene rings is 1. The van der Waals surface area contributed by atoms with Crippen LogP contribution in [-0.4, -0.2) is 14.4 Å². The number of thiazole rings is 2. The highest BCUT2D eigenvalue weighted by molar-refractivity contribution is 7.19. The molecule has 0 amide bonds. The molecule has 1 aromatic carbocycles. The molecule has 0 fully saturated rings. The average molecular weight is 311 g/mol. The van der Waals surface area contributed by atoms with Gasteiger partial charge in [0.2, 0.25) is 0 Å². The predicted molar refractivity (Wildman–Crippen MR) is 91.1 cm³/mol. The first-order chi connectivity index (χ1) is 10.2. The number of para-hydroxylation sites is 1. The van der Waals surface area contributed by atoms with Crippen molar-refractivity contribution in [2.75, 3.05) is 0 Å². The van der Waals surface area contributed by atoms with Gasteiger partial charge in [0.25, 0.3) is 0 Å². The number of fused-ring (bicyclic) bond motifs is 2. The molecule has 0 aliphatic carbocycles. The van der Waals surface area contributed by atoms with Gasteiger partial charge in [-0.1, -0.05) is 12.1 Å². The van der Waals surface area contributed by atoms with Gasteiger partial charge in [-0.05, 0) is 38.1 Å². The van der Waals surface area contributed by atoms with Crippen molar-refractivity contribution in [2.45, 2.75) is 13.8 Å². The zero-order chi connectivity index (χ0) is 14.4. The normalized spacial score (nSPS) is 12.1. The summed E-state index contributed by atoms with van der Waals surface area (Å²) in [5, 5.41) is 3.16. The van der Waals surface area contributed by atoms with E-state index in [2.05, 4.69) is 57.9 Å². The van der Waals surface area contributed by atoms with Crippen LogP contribution in [0.5, 0.6) is 0 Å². The van der Waals surface area contributed by atoms with Crippen LogP contribution in [-0.2, 0) is 0 Å². The van der Waals surface area contributed by atoms with Crippen LogP contribution in [0.1, 0.15) is 22.1 Å². The van der Waals surface area contributed by atoms with Crippen LogP contribution in [0.15, 0.2) is 29.6 Å². The van der Waals surface area contributed by atoms with E-state index in [0.29, 0.717) is 0 Å². The Morgan fingerprint density at radius 3 is 2.81 bits per heavy atom. The standard InChI is InChI=1S/C16H13N3S2/c1-10-9-20-16-17-11(2)13(19(10)16)7-8-15-18-12-5-3-4-6-14(12)21-15/h3-9H,1-2H3/b8-7+. The summed E-state index contributed by atoms with van der Waals surface area (Å²) in [6.07, 6.45) is 4.20. The third-order valence-corrected chi connectivity index (χ3v) is 5.39. The van der Waals surface area contributed by atoms with E-state index >= 15 is 0 Å². The molecule has 5 heteroatoms. The third kappa shape index (κ3) is 2.09. The van der Waals surface area contributed by atoms with E-state index in [-0.39, 0.29) is 0 Å². The Bertz CT molecular complexity index is 939. The minimum absolute atomic E-state index is 1.03. The highest BCUT2D eigenvalue weighted by Gasteiger charge is 2.09. The molecule has 0 aliphatic rings. The van der Waals surface area contributed by atoms with Gasteiger partial charge in [0.1, 0.15) is 5.01 Å². The van der Waals surface area contributed by atoms with Crippen molar-refractivity contribution < 1.29 is 0 Å². The summed E-state index contributed by atoms with van der Waals surface area (Å²) in [6, 6.07) is 8.23. The number of nitrogens with zero attached hydrogens (tertiary/aromatic N) is 3. The van der Waals surface area contributed by atoms with Crippen molar-refractivity contribution in [3.8, 4) is 0 Å². The Morgan fingerprint density at radius 1 is 1.10 bits per heavy atom. The van der Waals surface area contributed by atoms with Crippen LogP contribution in [0.3, 0.4) is 0 Å². The van der Waals surface area contributed by atoms with Crippen LogP contribution >= 0.6 is 22.7 Å². The van der Waals surface area contributed by atoms with Gasteiger partial charge in [0, 0.05) is 11.1 Å². The number of hydrogen-bond acceptors (Lipinski definition) is 4. The average Bonchev–Trinajstić information content (AvgIpc) is 3.12. The Hall–Kier alpha value is -1.98. The van der Waals surface area contributed by atoms with Crippen LogP contribution in [0.2, 0.25) is 0 Å². The highest BCUT2D eigenvalue weighted by atomic mass is 32.1. The molecule has 3 nitrogen and oxygen atoms in total. The molecule has 0 atom stereocenters. The van der Waals surface area contributed by atoms with Gasteiger partial charge in [0.05, 0.1) is 21.6 Å². The van der Waals surface area contributed by atoms with Gasteiger partial charge in [-0.3, -0.25) is 4.40 Å². The minimum atomic E-state index is 1.03. The SMILES string of the molecule is Cc1nc2scc(C)n2c1/C=C/c1nc2ccccc2s1. The van der Waals surface area contributed by atoms with E-state index in [9.17, 15) is 0 Å². The van der Waals surface area contributed by atoms with Gasteiger partial charge in [-0.15, -0.1) is 22.7 Å². The molecular formula is C16H13N3S2. The second-order valence-corrected chi connectivity index (χ2v) is 6.83. The molecule has 0 spiro atoms. The van der Waals surface area contributed by atoms with E-state index in [1.165, 1.54) is 10.4 Å². The number of rotatable bonds is 2. The summed E-state index contributed by atoms with van der Waals surface area (Å²) in [5.74, 6) is 0. The number of aromatic nitrogens is 3. The lowest BCUT2D eigenvalue weighted by atomic mass is 10.3. The quantitative estimate of drug-likeness (QED) is 0.532. The molecule has 4 aromatic rings. The van der Waals surface area contributed by atoms with Crippen LogP contribution in [0.25, 0.3) is 27.3 Å². The molecular weight excluding hydrogens is 298 g/mol. The molecule has 104 valence electrons. The van der Waals surface area contributed by atoms with Crippen molar-refractivity contribution in [2.24, 2.45) is 0 Å². The van der Waals surface area contributed by atoms with Crippen LogP contribution < -0.4 is 0 Å². The predicted octanol–water partition coefficient (Wildman–Crippen LogP) is 4.79. The number of hydrogen-bond donors (Lipinski definition) is 0. The Kier molecular flexibility index (Phi) is 2.90.